The summed E-state index contributed by atoms with van der Waals surface area (Å²) < 4.78 is 0. The molecule has 1 amide bonds. The number of benzene rings is 3. The molecule has 1 aromatic heterocycles. The number of hydrogen-bond acceptors (Lipinski definition) is 3. The molecular weight excluding hydrogens is 394 g/mol. The third-order valence-electron chi connectivity index (χ3n) is 5.31. The zero-order chi connectivity index (χ0) is 22.5. The zero-order valence-corrected chi connectivity index (χ0v) is 18.7. The van der Waals surface area contributed by atoms with E-state index in [1.165, 1.54) is 5.56 Å². The third-order valence-corrected chi connectivity index (χ3v) is 5.31. The fourth-order valence-corrected chi connectivity index (χ4v) is 3.66. The molecule has 0 saturated carbocycles. The first-order valence-electron chi connectivity index (χ1n) is 10.9. The van der Waals surface area contributed by atoms with E-state index in [1.807, 2.05) is 84.9 Å². The number of rotatable bonds is 6. The van der Waals surface area contributed by atoms with Gasteiger partial charge >= 0.3 is 0 Å². The van der Waals surface area contributed by atoms with Crippen LogP contribution in [0.1, 0.15) is 41.8 Å². The van der Waals surface area contributed by atoms with Crippen molar-refractivity contribution in [3.05, 3.63) is 102 Å². The van der Waals surface area contributed by atoms with Crippen LogP contribution in [-0.4, -0.2) is 16.6 Å². The Balaban J connectivity index is 1.72. The minimum absolute atomic E-state index is 0.242. The molecule has 1 N–H and O–H groups in total. The van der Waals surface area contributed by atoms with Crippen LogP contribution in [0.3, 0.4) is 0 Å². The molecule has 0 aliphatic carbocycles. The van der Waals surface area contributed by atoms with Gasteiger partial charge in [-0.15, -0.1) is 0 Å². The summed E-state index contributed by atoms with van der Waals surface area (Å²) in [6.45, 7) is 6.34. The highest BCUT2D eigenvalue weighted by atomic mass is 16.2. The summed E-state index contributed by atoms with van der Waals surface area (Å²) >= 11 is 0. The number of amides is 1. The van der Waals surface area contributed by atoms with E-state index in [1.54, 1.807) is 0 Å². The molecule has 0 aliphatic heterocycles. The molecule has 0 atom stereocenters. The van der Waals surface area contributed by atoms with Crippen LogP contribution in [0.15, 0.2) is 90.0 Å². The Labute approximate surface area is 189 Å². The van der Waals surface area contributed by atoms with Crippen LogP contribution in [0.5, 0.6) is 0 Å². The maximum Gasteiger partial charge on any atom is 0.272 e. The van der Waals surface area contributed by atoms with Crippen LogP contribution < -0.4 is 5.43 Å². The Morgan fingerprint density at radius 1 is 0.938 bits per heavy atom. The number of para-hydroxylation sites is 1. The lowest BCUT2D eigenvalue weighted by molar-refractivity contribution is 0.0956. The lowest BCUT2D eigenvalue weighted by Gasteiger charge is -2.12. The van der Waals surface area contributed by atoms with E-state index in [0.717, 1.165) is 39.9 Å². The number of aromatic nitrogens is 1. The van der Waals surface area contributed by atoms with Crippen molar-refractivity contribution in [1.82, 2.24) is 10.4 Å². The Morgan fingerprint density at radius 2 is 1.62 bits per heavy atom. The van der Waals surface area contributed by atoms with Gasteiger partial charge in [0.15, 0.2) is 0 Å². The topological polar surface area (TPSA) is 54.4 Å². The van der Waals surface area contributed by atoms with E-state index in [0.29, 0.717) is 11.5 Å². The van der Waals surface area contributed by atoms with Crippen molar-refractivity contribution in [1.29, 1.82) is 0 Å². The number of aryl methyl sites for hydroxylation is 1. The number of nitrogens with zero attached hydrogens (tertiary/aromatic N) is 2. The van der Waals surface area contributed by atoms with Gasteiger partial charge in [0.25, 0.3) is 5.91 Å². The SMILES string of the molecule is Cc1ccc(-c2cc(C(=O)N/N=C(/CC(C)C)c3ccccc3)c3ccccc3n2)cc1. The second-order valence-corrected chi connectivity index (χ2v) is 8.40. The summed E-state index contributed by atoms with van der Waals surface area (Å²) in [7, 11) is 0. The smallest absolute Gasteiger partial charge is 0.267 e. The Hall–Kier alpha value is -3.79. The number of nitrogens with one attached hydrogen (secondary N) is 1. The van der Waals surface area contributed by atoms with Crippen molar-refractivity contribution in [3.63, 3.8) is 0 Å². The quantitative estimate of drug-likeness (QED) is 0.290. The second kappa shape index (κ2) is 9.56. The predicted molar refractivity (Wildman–Crippen MR) is 132 cm³/mol. The third kappa shape index (κ3) is 4.92. The lowest BCUT2D eigenvalue weighted by atomic mass is 10.0. The molecule has 0 aliphatic rings. The molecule has 160 valence electrons. The average Bonchev–Trinajstić information content (AvgIpc) is 2.81. The standard InChI is InChI=1S/C28H27N3O/c1-19(2)17-27(21-9-5-4-6-10-21)30-31-28(32)24-18-26(22-15-13-20(3)14-16-22)29-25-12-8-7-11-23(24)25/h4-16,18-19H,17H2,1-3H3,(H,31,32)/b30-27-. The molecule has 0 bridgehead atoms. The zero-order valence-electron chi connectivity index (χ0n) is 18.7. The normalized spacial score (nSPS) is 11.7. The van der Waals surface area contributed by atoms with Crippen LogP contribution >= 0.6 is 0 Å². The van der Waals surface area contributed by atoms with Crippen molar-refractivity contribution < 1.29 is 4.79 Å². The van der Waals surface area contributed by atoms with E-state index in [9.17, 15) is 4.79 Å². The van der Waals surface area contributed by atoms with Crippen molar-refractivity contribution in [2.45, 2.75) is 27.2 Å². The molecule has 0 saturated heterocycles. The maximum absolute atomic E-state index is 13.3. The molecule has 32 heavy (non-hydrogen) atoms. The van der Waals surface area contributed by atoms with E-state index >= 15 is 0 Å². The minimum atomic E-state index is -0.242. The predicted octanol–water partition coefficient (Wildman–Crippen LogP) is 6.39. The summed E-state index contributed by atoms with van der Waals surface area (Å²) in [5.74, 6) is 0.176. The number of hydrazone groups is 1. The van der Waals surface area contributed by atoms with Gasteiger partial charge in [-0.2, -0.15) is 5.10 Å². The highest BCUT2D eigenvalue weighted by Crippen LogP contribution is 2.25. The minimum Gasteiger partial charge on any atom is -0.267 e. The van der Waals surface area contributed by atoms with Crippen LogP contribution in [-0.2, 0) is 0 Å². The number of carbonyl (C=O) groups excluding carboxylic acids is 1. The van der Waals surface area contributed by atoms with Crippen LogP contribution in [0.4, 0.5) is 0 Å². The van der Waals surface area contributed by atoms with Crippen LogP contribution in [0.2, 0.25) is 0 Å². The van der Waals surface area contributed by atoms with Crippen LogP contribution in [0.25, 0.3) is 22.2 Å². The van der Waals surface area contributed by atoms with Crippen molar-refractivity contribution in [2.75, 3.05) is 0 Å². The van der Waals surface area contributed by atoms with Gasteiger partial charge in [0.05, 0.1) is 22.5 Å². The largest absolute Gasteiger partial charge is 0.272 e. The van der Waals surface area contributed by atoms with Crippen LogP contribution in [0, 0.1) is 12.8 Å². The van der Waals surface area contributed by atoms with E-state index in [4.69, 9.17) is 4.98 Å². The van der Waals surface area contributed by atoms with Crippen molar-refractivity contribution >= 4 is 22.5 Å². The number of fused-ring (bicyclic) bond motifs is 1. The number of carbonyl (C=O) groups is 1. The molecule has 4 aromatic rings. The summed E-state index contributed by atoms with van der Waals surface area (Å²) in [5.41, 5.74) is 8.95. The Kier molecular flexibility index (Phi) is 6.41. The first-order valence-corrected chi connectivity index (χ1v) is 10.9. The summed E-state index contributed by atoms with van der Waals surface area (Å²) in [4.78, 5) is 18.1. The fourth-order valence-electron chi connectivity index (χ4n) is 3.66. The molecule has 3 aromatic carbocycles. The van der Waals surface area contributed by atoms with E-state index in [-0.39, 0.29) is 5.91 Å². The van der Waals surface area contributed by atoms with Gasteiger partial charge in [0, 0.05) is 10.9 Å². The monoisotopic (exact) mass is 421 g/mol. The lowest BCUT2D eigenvalue weighted by Crippen LogP contribution is -2.21. The molecule has 0 radical (unpaired) electrons. The van der Waals surface area contributed by atoms with Gasteiger partial charge in [0.1, 0.15) is 0 Å². The Bertz CT molecular complexity index is 1260. The molecule has 0 fully saturated rings. The van der Waals surface area contributed by atoms with Gasteiger partial charge in [-0.1, -0.05) is 92.2 Å². The molecule has 4 nitrogen and oxygen atoms in total. The first-order chi connectivity index (χ1) is 15.5. The highest BCUT2D eigenvalue weighted by Gasteiger charge is 2.15. The van der Waals surface area contributed by atoms with Gasteiger partial charge in [-0.25, -0.2) is 10.4 Å². The summed E-state index contributed by atoms with van der Waals surface area (Å²) in [6, 6.07) is 27.7. The molecule has 0 spiro atoms. The second-order valence-electron chi connectivity index (χ2n) is 8.40. The maximum atomic E-state index is 13.3. The first kappa shape index (κ1) is 21.4. The fraction of sp³-hybridized carbons (Fsp3) is 0.179. The Morgan fingerprint density at radius 3 is 2.34 bits per heavy atom. The molecular formula is C28H27N3O. The van der Waals surface area contributed by atoms with Gasteiger partial charge < -0.3 is 0 Å². The van der Waals surface area contributed by atoms with Gasteiger partial charge in [-0.05, 0) is 37.0 Å². The molecule has 4 heteroatoms. The average molecular weight is 422 g/mol. The number of hydrogen-bond donors (Lipinski definition) is 1. The number of pyridine rings is 1. The summed E-state index contributed by atoms with van der Waals surface area (Å²) in [6.07, 6.45) is 0.774. The van der Waals surface area contributed by atoms with Crippen molar-refractivity contribution in [2.24, 2.45) is 11.0 Å². The molecule has 1 heterocycles. The van der Waals surface area contributed by atoms with Gasteiger partial charge in [0.2, 0.25) is 0 Å². The summed E-state index contributed by atoms with van der Waals surface area (Å²) in [5, 5.41) is 5.33. The van der Waals surface area contributed by atoms with Crippen molar-refractivity contribution in [3.8, 4) is 11.3 Å². The van der Waals surface area contributed by atoms with E-state index < -0.39 is 0 Å². The van der Waals surface area contributed by atoms with Gasteiger partial charge in [-0.3, -0.25) is 4.79 Å². The molecule has 0 unspecified atom stereocenters. The van der Waals surface area contributed by atoms with E-state index in [2.05, 4.69) is 31.3 Å². The molecule has 4 rings (SSSR count). The highest BCUT2D eigenvalue weighted by molar-refractivity contribution is 6.08.